The third-order valence-corrected chi connectivity index (χ3v) is 21.7. The number of para-hydroxylation sites is 12. The highest BCUT2D eigenvalue weighted by molar-refractivity contribution is 7.02. The van der Waals surface area contributed by atoms with Gasteiger partial charge in [-0.15, -0.1) is 0 Å². The fourth-order valence-electron chi connectivity index (χ4n) is 17.4. The van der Waals surface area contributed by atoms with E-state index in [4.69, 9.17) is 4.74 Å². The molecular formula is C96H64B2N6O. The minimum Gasteiger partial charge on any atom is -0.458 e. The standard InChI is InChI=1S/C96H64B2N6O/c1-7-33-65(34-8-1)73-45-19-25-51-81(73)100(69-41-15-5-16-42-69)72-61-92-96-94(62-72)105-93-64-89-79(63-80(93)98(96)78-50-24-30-56-86(78)103(92)82-52-26-20-46-74(82)66-35-9-2-10-36-66)97-77-49-23-29-55-85(77)101(70-43-17-6-18-44-70)90-59-71(99(67-37-11-3-12-38-67)68-39-13-4-14-40-68)60-91(95(90)97)104(89)88-58-32-31-57-87(88)102-83-53-27-21-47-75(83)76-48-22-28-54-84(76)102/h1-64H. The molecule has 7 nitrogen and oxygen atoms in total. The second-order valence-electron chi connectivity index (χ2n) is 27.5. The molecule has 9 heteroatoms. The Labute approximate surface area is 611 Å². The summed E-state index contributed by atoms with van der Waals surface area (Å²) in [5.74, 6) is 1.58. The molecule has 0 amide bonds. The molecule has 0 N–H and O–H groups in total. The number of hydrogen-bond acceptors (Lipinski definition) is 6. The molecule has 0 fully saturated rings. The van der Waals surface area contributed by atoms with Gasteiger partial charge in [0, 0.05) is 90.9 Å². The van der Waals surface area contributed by atoms with Crippen molar-refractivity contribution in [2.24, 2.45) is 0 Å². The van der Waals surface area contributed by atoms with Gasteiger partial charge in [0.2, 0.25) is 0 Å². The van der Waals surface area contributed by atoms with Gasteiger partial charge in [0.25, 0.3) is 13.4 Å². The molecule has 0 unspecified atom stereocenters. The van der Waals surface area contributed by atoms with Crippen LogP contribution >= 0.6 is 0 Å². The molecule has 0 aliphatic carbocycles. The average Bonchev–Trinajstić information content (AvgIpc) is 0.933. The van der Waals surface area contributed by atoms with Gasteiger partial charge in [0.1, 0.15) is 11.5 Å². The van der Waals surface area contributed by atoms with E-state index in [0.717, 1.165) is 147 Å². The lowest BCUT2D eigenvalue weighted by molar-refractivity contribution is 0.488. The smallest absolute Gasteiger partial charge is 0.256 e. The van der Waals surface area contributed by atoms with Crippen molar-refractivity contribution >= 4 is 153 Å². The zero-order valence-corrected chi connectivity index (χ0v) is 57.2. The van der Waals surface area contributed by atoms with E-state index in [1.165, 1.54) is 32.6 Å². The molecule has 17 aromatic rings. The van der Waals surface area contributed by atoms with E-state index in [1.54, 1.807) is 0 Å². The van der Waals surface area contributed by atoms with E-state index in [0.29, 0.717) is 0 Å². The van der Waals surface area contributed by atoms with E-state index < -0.39 is 0 Å². The molecule has 105 heavy (non-hydrogen) atoms. The van der Waals surface area contributed by atoms with Gasteiger partial charge in [-0.2, -0.15) is 0 Å². The molecule has 0 saturated heterocycles. The van der Waals surface area contributed by atoms with Crippen LogP contribution in [0.2, 0.25) is 0 Å². The number of hydrogen-bond donors (Lipinski definition) is 0. The van der Waals surface area contributed by atoms with Gasteiger partial charge < -0.3 is 33.8 Å². The van der Waals surface area contributed by atoms with E-state index in [1.807, 2.05) is 0 Å². The maximum Gasteiger partial charge on any atom is 0.256 e. The summed E-state index contributed by atoms with van der Waals surface area (Å²) in [5.41, 5.74) is 30.6. The summed E-state index contributed by atoms with van der Waals surface area (Å²) in [4.78, 5) is 12.5. The van der Waals surface area contributed by atoms with E-state index in [9.17, 15) is 0 Å². The van der Waals surface area contributed by atoms with Gasteiger partial charge in [0.15, 0.2) is 0 Å². The van der Waals surface area contributed by atoms with Crippen LogP contribution in [0, 0.1) is 0 Å². The quantitative estimate of drug-likeness (QED) is 0.113. The molecule has 4 aliphatic heterocycles. The highest BCUT2D eigenvalue weighted by atomic mass is 16.5. The minimum absolute atomic E-state index is 0.250. The van der Waals surface area contributed by atoms with Crippen molar-refractivity contribution in [2.45, 2.75) is 0 Å². The van der Waals surface area contributed by atoms with Crippen LogP contribution in [0.4, 0.5) is 85.3 Å². The first-order valence-electron chi connectivity index (χ1n) is 36.1. The zero-order valence-electron chi connectivity index (χ0n) is 57.2. The summed E-state index contributed by atoms with van der Waals surface area (Å²) in [6, 6.07) is 142. The van der Waals surface area contributed by atoms with Crippen molar-refractivity contribution in [3.63, 3.8) is 0 Å². The lowest BCUT2D eigenvalue weighted by Gasteiger charge is -2.46. The predicted octanol–water partition coefficient (Wildman–Crippen LogP) is 21.5. The first kappa shape index (κ1) is 60.1. The third-order valence-electron chi connectivity index (χ3n) is 21.7. The molecule has 16 aromatic carbocycles. The topological polar surface area (TPSA) is 30.4 Å². The van der Waals surface area contributed by atoms with Crippen molar-refractivity contribution in [3.05, 3.63) is 388 Å². The van der Waals surface area contributed by atoms with Gasteiger partial charge in [-0.25, -0.2) is 0 Å². The lowest BCUT2D eigenvalue weighted by Crippen LogP contribution is -2.64. The normalized spacial score (nSPS) is 12.7. The Morgan fingerprint density at radius 1 is 0.238 bits per heavy atom. The summed E-state index contributed by atoms with van der Waals surface area (Å²) in [6.07, 6.45) is 0. The number of benzene rings is 16. The summed E-state index contributed by atoms with van der Waals surface area (Å²) in [6.45, 7) is -0.526. The lowest BCUT2D eigenvalue weighted by atomic mass is 9.30. The zero-order chi connectivity index (χ0) is 69.1. The summed E-state index contributed by atoms with van der Waals surface area (Å²) in [7, 11) is 0. The van der Waals surface area contributed by atoms with Crippen LogP contribution in [0.3, 0.4) is 0 Å². The minimum atomic E-state index is -0.275. The first-order chi connectivity index (χ1) is 52.2. The molecule has 5 heterocycles. The Morgan fingerprint density at radius 3 is 1.27 bits per heavy atom. The van der Waals surface area contributed by atoms with Crippen molar-refractivity contribution in [1.82, 2.24) is 4.57 Å². The average molecular weight is 1340 g/mol. The van der Waals surface area contributed by atoms with Crippen LogP contribution in [0.15, 0.2) is 388 Å². The SMILES string of the molecule is c1ccc(-c2ccccc2N(c2ccccc2)c2cc3c4c(c2)N(c2ccccc2-c2ccccc2)c2ccccc2B4c2cc4c(cc2O3)N(c2ccccc2-n2c3ccccc3c3ccccc32)c2cc(N(c3ccccc3)c3ccccc3)cc3c2B4c2ccccc2N3c2ccccc2)cc1. The molecule has 0 atom stereocenters. The van der Waals surface area contributed by atoms with Crippen LogP contribution in [-0.2, 0) is 0 Å². The summed E-state index contributed by atoms with van der Waals surface area (Å²) >= 11 is 0. The number of ether oxygens (including phenoxy) is 1. The van der Waals surface area contributed by atoms with E-state index in [2.05, 4.69) is 417 Å². The second-order valence-corrected chi connectivity index (χ2v) is 27.5. The third kappa shape index (κ3) is 9.55. The Kier molecular flexibility index (Phi) is 14.0. The number of fused-ring (bicyclic) bond motifs is 11. The van der Waals surface area contributed by atoms with Gasteiger partial charge in [-0.05, 0) is 159 Å². The summed E-state index contributed by atoms with van der Waals surface area (Å²) < 4.78 is 10.6. The van der Waals surface area contributed by atoms with Crippen LogP contribution in [0.1, 0.15) is 0 Å². The maximum absolute atomic E-state index is 8.10. The van der Waals surface area contributed by atoms with Gasteiger partial charge in [-0.3, -0.25) is 0 Å². The van der Waals surface area contributed by atoms with Gasteiger partial charge in [0.05, 0.1) is 45.2 Å². The van der Waals surface area contributed by atoms with Crippen LogP contribution in [-0.4, -0.2) is 18.0 Å². The molecule has 0 radical (unpaired) electrons. The highest BCUT2D eigenvalue weighted by Gasteiger charge is 2.49. The number of rotatable bonds is 12. The molecule has 4 aliphatic rings. The van der Waals surface area contributed by atoms with Gasteiger partial charge in [-0.1, -0.05) is 261 Å². The first-order valence-corrected chi connectivity index (χ1v) is 36.1. The molecule has 1 aromatic heterocycles. The van der Waals surface area contributed by atoms with Crippen LogP contribution in [0.5, 0.6) is 11.5 Å². The van der Waals surface area contributed by atoms with Crippen molar-refractivity contribution in [1.29, 1.82) is 0 Å². The van der Waals surface area contributed by atoms with Crippen LogP contribution < -0.4 is 62.0 Å². The number of anilines is 15. The maximum atomic E-state index is 8.10. The fraction of sp³-hybridized carbons (Fsp3) is 0. The van der Waals surface area contributed by atoms with Crippen molar-refractivity contribution < 1.29 is 4.74 Å². The fourth-order valence-corrected chi connectivity index (χ4v) is 17.4. The monoisotopic (exact) mass is 1340 g/mol. The Bertz CT molecular complexity index is 6160. The molecule has 0 spiro atoms. The molecular weight excluding hydrogens is 1270 g/mol. The second kappa shape index (κ2) is 24.5. The summed E-state index contributed by atoms with van der Waals surface area (Å²) in [5, 5.41) is 2.39. The Morgan fingerprint density at radius 2 is 0.657 bits per heavy atom. The highest BCUT2D eigenvalue weighted by Crippen LogP contribution is 2.53. The number of aromatic nitrogens is 1. The largest absolute Gasteiger partial charge is 0.458 e. The Balaban J connectivity index is 0.875. The molecule has 0 bridgehead atoms. The molecule has 21 rings (SSSR count). The molecule has 490 valence electrons. The van der Waals surface area contributed by atoms with E-state index >= 15 is 0 Å². The van der Waals surface area contributed by atoms with Gasteiger partial charge >= 0.3 is 0 Å². The van der Waals surface area contributed by atoms with Crippen molar-refractivity contribution in [2.75, 3.05) is 24.5 Å². The van der Waals surface area contributed by atoms with Crippen molar-refractivity contribution in [3.8, 4) is 39.4 Å². The van der Waals surface area contributed by atoms with Crippen LogP contribution in [0.25, 0.3) is 49.7 Å². The van der Waals surface area contributed by atoms with E-state index in [-0.39, 0.29) is 13.4 Å². The Hall–Kier alpha value is -13.8. The molecule has 0 saturated carbocycles. The predicted molar refractivity (Wildman–Crippen MR) is 441 cm³/mol. The number of nitrogens with zero attached hydrogens (tertiary/aromatic N) is 6.